The van der Waals surface area contributed by atoms with Crippen LogP contribution in [0.15, 0.2) is 59.6 Å². The number of hydrogen-bond donors (Lipinski definition) is 0. The summed E-state index contributed by atoms with van der Waals surface area (Å²) in [5.41, 5.74) is 1.33. The molecule has 30 heavy (non-hydrogen) atoms. The lowest BCUT2D eigenvalue weighted by Gasteiger charge is -2.19. The topological polar surface area (TPSA) is 65.4 Å². The number of aromatic nitrogens is 1. The molecule has 156 valence electrons. The second kappa shape index (κ2) is 8.00. The molecule has 0 amide bonds. The van der Waals surface area contributed by atoms with E-state index in [1.807, 2.05) is 6.92 Å². The van der Waals surface area contributed by atoms with E-state index < -0.39 is 26.8 Å². The minimum atomic E-state index is -3.78. The van der Waals surface area contributed by atoms with Crippen molar-refractivity contribution in [2.75, 3.05) is 0 Å². The number of carbonyl (C=O) groups excluding carboxylic acids is 1. The first-order valence-corrected chi connectivity index (χ1v) is 11.2. The summed E-state index contributed by atoms with van der Waals surface area (Å²) in [6.07, 6.45) is 6.49. The Morgan fingerprint density at radius 3 is 2.37 bits per heavy atom. The Morgan fingerprint density at radius 1 is 1.13 bits per heavy atom. The van der Waals surface area contributed by atoms with Crippen LogP contribution >= 0.6 is 0 Å². The second-order valence-electron chi connectivity index (χ2n) is 8.21. The molecule has 0 N–H and O–H groups in total. The van der Waals surface area contributed by atoms with E-state index in [9.17, 15) is 13.2 Å². The number of benzene rings is 2. The summed E-state index contributed by atoms with van der Waals surface area (Å²) in [4.78, 5) is 13.0. The summed E-state index contributed by atoms with van der Waals surface area (Å²) in [5.74, 6) is 2.49. The molecule has 0 saturated carbocycles. The van der Waals surface area contributed by atoms with Crippen LogP contribution in [0.2, 0.25) is 0 Å². The van der Waals surface area contributed by atoms with Gasteiger partial charge < -0.3 is 4.74 Å². The van der Waals surface area contributed by atoms with E-state index in [-0.39, 0.29) is 11.3 Å². The molecule has 0 bridgehead atoms. The van der Waals surface area contributed by atoms with Crippen molar-refractivity contribution >= 4 is 26.8 Å². The monoisotopic (exact) mass is 423 g/mol. The molecule has 0 saturated heterocycles. The Bertz CT molecular complexity index is 1220. The van der Waals surface area contributed by atoms with Gasteiger partial charge in [0.25, 0.3) is 0 Å². The molecule has 6 heteroatoms. The highest BCUT2D eigenvalue weighted by atomic mass is 32.2. The van der Waals surface area contributed by atoms with Crippen LogP contribution in [0.5, 0.6) is 0 Å². The van der Waals surface area contributed by atoms with Crippen LogP contribution in [-0.4, -0.2) is 24.7 Å². The minimum absolute atomic E-state index is 0.0153. The Kier molecular flexibility index (Phi) is 5.78. The molecule has 0 aliphatic heterocycles. The largest absolute Gasteiger partial charge is 0.443 e. The van der Waals surface area contributed by atoms with E-state index in [1.54, 1.807) is 69.3 Å². The molecule has 2 aromatic carbocycles. The zero-order valence-electron chi connectivity index (χ0n) is 17.5. The maximum absolute atomic E-state index is 13.5. The van der Waals surface area contributed by atoms with Gasteiger partial charge in [-0.05, 0) is 51.5 Å². The number of rotatable bonds is 4. The Morgan fingerprint density at radius 2 is 1.77 bits per heavy atom. The van der Waals surface area contributed by atoms with Gasteiger partial charge in [-0.3, -0.25) is 4.57 Å². The maximum Gasteiger partial charge on any atom is 0.419 e. The molecule has 1 heterocycles. The average molecular weight is 424 g/mol. The number of nitrogens with zero attached hydrogens (tertiary/aromatic N) is 1. The lowest BCUT2D eigenvalue weighted by atomic mass is 10.1. The van der Waals surface area contributed by atoms with Crippen molar-refractivity contribution in [3.05, 3.63) is 65.9 Å². The molecular weight excluding hydrogens is 398 g/mol. The van der Waals surface area contributed by atoms with E-state index in [1.165, 1.54) is 10.8 Å². The number of fused-ring (bicyclic) bond motifs is 1. The van der Waals surface area contributed by atoms with Gasteiger partial charge in [0.05, 0.1) is 10.4 Å². The Labute approximate surface area is 177 Å². The van der Waals surface area contributed by atoms with Gasteiger partial charge in [0, 0.05) is 18.0 Å². The third-order valence-electron chi connectivity index (χ3n) is 4.71. The molecule has 3 rings (SSSR count). The van der Waals surface area contributed by atoms with Crippen LogP contribution in [0.25, 0.3) is 10.9 Å². The molecule has 0 fully saturated rings. The summed E-state index contributed by atoms with van der Waals surface area (Å²) in [6, 6.07) is 13.8. The van der Waals surface area contributed by atoms with E-state index >= 15 is 0 Å². The van der Waals surface area contributed by atoms with E-state index in [4.69, 9.17) is 11.2 Å². The van der Waals surface area contributed by atoms with Crippen LogP contribution in [0, 0.1) is 19.3 Å². The highest BCUT2D eigenvalue weighted by molar-refractivity contribution is 7.91. The van der Waals surface area contributed by atoms with E-state index in [0.29, 0.717) is 16.5 Å². The average Bonchev–Trinajstić information content (AvgIpc) is 3.04. The summed E-state index contributed by atoms with van der Waals surface area (Å²) in [5, 5.41) is -0.335. The third kappa shape index (κ3) is 4.27. The fourth-order valence-electron chi connectivity index (χ4n) is 3.31. The first-order chi connectivity index (χ1) is 14.0. The van der Waals surface area contributed by atoms with Crippen molar-refractivity contribution in [3.63, 3.8) is 0 Å². The van der Waals surface area contributed by atoms with Gasteiger partial charge in [0.2, 0.25) is 0 Å². The smallest absolute Gasteiger partial charge is 0.419 e. The van der Waals surface area contributed by atoms with Gasteiger partial charge in [-0.25, -0.2) is 13.2 Å². The van der Waals surface area contributed by atoms with Crippen LogP contribution in [0.1, 0.15) is 43.6 Å². The van der Waals surface area contributed by atoms with Gasteiger partial charge in [-0.15, -0.1) is 12.3 Å². The standard InChI is InChI=1S/C24H25NO4S/c1-6-9-22(30(27,28)18-14-12-17(2)13-15-18)20-16-25(23(26)29-24(3,4)5)21-11-8-7-10-19(20)21/h1,7-8,10-16,22H,9H2,2-5H3. The first-order valence-electron chi connectivity index (χ1n) is 9.62. The van der Waals surface area contributed by atoms with Crippen molar-refractivity contribution in [1.29, 1.82) is 0 Å². The van der Waals surface area contributed by atoms with Crippen LogP contribution in [-0.2, 0) is 14.6 Å². The lowest BCUT2D eigenvalue weighted by Crippen LogP contribution is -2.26. The molecule has 1 aromatic heterocycles. The quantitative estimate of drug-likeness (QED) is 0.536. The fraction of sp³-hybridized carbons (Fsp3) is 0.292. The third-order valence-corrected chi connectivity index (χ3v) is 6.81. The first kappa shape index (κ1) is 21.7. The van der Waals surface area contributed by atoms with Crippen LogP contribution in [0.3, 0.4) is 0 Å². The highest BCUT2D eigenvalue weighted by Crippen LogP contribution is 2.37. The van der Waals surface area contributed by atoms with Crippen molar-refractivity contribution < 1.29 is 17.9 Å². The van der Waals surface area contributed by atoms with Gasteiger partial charge in [0.15, 0.2) is 9.84 Å². The second-order valence-corrected chi connectivity index (χ2v) is 10.3. The molecular formula is C24H25NO4S. The number of carbonyl (C=O) groups is 1. The van der Waals surface area contributed by atoms with Crippen molar-refractivity contribution in [2.45, 2.75) is 49.9 Å². The molecule has 0 aliphatic rings. The van der Waals surface area contributed by atoms with Gasteiger partial charge in [-0.1, -0.05) is 35.9 Å². The van der Waals surface area contributed by atoms with Crippen molar-refractivity contribution in [3.8, 4) is 12.3 Å². The molecule has 0 radical (unpaired) electrons. The van der Waals surface area contributed by atoms with Crippen LogP contribution < -0.4 is 0 Å². The predicted octanol–water partition coefficient (Wildman–Crippen LogP) is 5.27. The summed E-state index contributed by atoms with van der Waals surface area (Å²) in [7, 11) is -3.78. The molecule has 0 aliphatic carbocycles. The normalized spacial score (nSPS) is 13.0. The SMILES string of the molecule is C#CCC(c1cn(C(=O)OC(C)(C)C)c2ccccc12)S(=O)(=O)c1ccc(C)cc1. The Balaban J connectivity index is 2.19. The van der Waals surface area contributed by atoms with Crippen molar-refractivity contribution in [1.82, 2.24) is 4.57 Å². The predicted molar refractivity (Wildman–Crippen MR) is 118 cm³/mol. The van der Waals surface area contributed by atoms with Gasteiger partial charge in [-0.2, -0.15) is 0 Å². The number of sulfone groups is 1. The number of terminal acetylenes is 1. The summed E-state index contributed by atoms with van der Waals surface area (Å²) >= 11 is 0. The van der Waals surface area contributed by atoms with Gasteiger partial charge in [0.1, 0.15) is 10.9 Å². The zero-order valence-corrected chi connectivity index (χ0v) is 18.4. The zero-order chi connectivity index (χ0) is 22.1. The number of aryl methyl sites for hydroxylation is 1. The molecule has 1 atom stereocenters. The van der Waals surface area contributed by atoms with E-state index in [2.05, 4.69) is 5.92 Å². The number of hydrogen-bond acceptors (Lipinski definition) is 4. The summed E-state index contributed by atoms with van der Waals surface area (Å²) in [6.45, 7) is 7.23. The lowest BCUT2D eigenvalue weighted by molar-refractivity contribution is 0.0544. The molecule has 0 spiro atoms. The minimum Gasteiger partial charge on any atom is -0.443 e. The Hall–Kier alpha value is -3.04. The van der Waals surface area contributed by atoms with Crippen LogP contribution in [0.4, 0.5) is 4.79 Å². The van der Waals surface area contributed by atoms with E-state index in [0.717, 1.165) is 5.56 Å². The molecule has 3 aromatic rings. The maximum atomic E-state index is 13.5. The fourth-order valence-corrected chi connectivity index (χ4v) is 4.99. The van der Waals surface area contributed by atoms with Gasteiger partial charge >= 0.3 is 6.09 Å². The summed E-state index contributed by atoms with van der Waals surface area (Å²) < 4.78 is 33.8. The number of ether oxygens (including phenoxy) is 1. The van der Waals surface area contributed by atoms with Crippen molar-refractivity contribution in [2.24, 2.45) is 0 Å². The highest BCUT2D eigenvalue weighted by Gasteiger charge is 2.32. The molecule has 1 unspecified atom stereocenters. The number of para-hydroxylation sites is 1. The molecule has 5 nitrogen and oxygen atoms in total.